The van der Waals surface area contributed by atoms with Crippen molar-refractivity contribution in [2.45, 2.75) is 45.5 Å². The molecule has 0 aromatic carbocycles. The number of halogens is 1. The van der Waals surface area contributed by atoms with Crippen LogP contribution in [-0.4, -0.2) is 9.78 Å². The van der Waals surface area contributed by atoms with E-state index in [0.717, 1.165) is 23.5 Å². The molecule has 1 aromatic rings. The van der Waals surface area contributed by atoms with E-state index in [1.807, 2.05) is 0 Å². The van der Waals surface area contributed by atoms with Crippen LogP contribution in [0, 0.1) is 12.8 Å². The van der Waals surface area contributed by atoms with Crippen molar-refractivity contribution in [3.8, 4) is 0 Å². The first-order valence-corrected chi connectivity index (χ1v) is 6.42. The van der Waals surface area contributed by atoms with E-state index in [4.69, 9.17) is 0 Å². The Balaban J connectivity index is 2.67. The number of nitrogens with zero attached hydrogens (tertiary/aromatic N) is 2. The van der Waals surface area contributed by atoms with Crippen molar-refractivity contribution in [1.82, 2.24) is 9.78 Å². The maximum atomic E-state index is 4.50. The van der Waals surface area contributed by atoms with Crippen molar-refractivity contribution in [2.24, 2.45) is 5.92 Å². The molecule has 0 spiro atoms. The van der Waals surface area contributed by atoms with Gasteiger partial charge in [-0.05, 0) is 12.8 Å². The lowest BCUT2D eigenvalue weighted by molar-refractivity contribution is 0.395. The maximum Gasteiger partial charge on any atom is 0.0634 e. The number of hydrogen-bond acceptors (Lipinski definition) is 1. The van der Waals surface area contributed by atoms with Crippen LogP contribution >= 0.6 is 15.9 Å². The van der Waals surface area contributed by atoms with Gasteiger partial charge in [0.2, 0.25) is 0 Å². The van der Waals surface area contributed by atoms with Crippen LogP contribution in [0.4, 0.5) is 0 Å². The van der Waals surface area contributed by atoms with Gasteiger partial charge in [-0.1, -0.05) is 42.6 Å². The minimum Gasteiger partial charge on any atom is -0.272 e. The molecule has 0 unspecified atom stereocenters. The van der Waals surface area contributed by atoms with E-state index in [1.54, 1.807) is 0 Å². The van der Waals surface area contributed by atoms with Crippen LogP contribution in [0.5, 0.6) is 0 Å². The number of alkyl halides is 1. The molecule has 0 N–H and O–H groups in total. The SMILES string of the molecule is CCC(CC)Cn1cc(CBr)c(C)n1. The summed E-state index contributed by atoms with van der Waals surface area (Å²) in [5, 5.41) is 5.41. The third kappa shape index (κ3) is 2.84. The second-order valence-electron chi connectivity index (χ2n) is 3.78. The number of aryl methyl sites for hydroxylation is 1. The van der Waals surface area contributed by atoms with Gasteiger partial charge < -0.3 is 0 Å². The van der Waals surface area contributed by atoms with Gasteiger partial charge in [0.15, 0.2) is 0 Å². The predicted octanol–water partition coefficient (Wildman–Crippen LogP) is 3.52. The molecule has 0 aliphatic heterocycles. The fourth-order valence-corrected chi connectivity index (χ4v) is 2.15. The van der Waals surface area contributed by atoms with Crippen molar-refractivity contribution in [3.63, 3.8) is 0 Å². The average Bonchev–Trinajstić information content (AvgIpc) is 2.55. The zero-order chi connectivity index (χ0) is 10.6. The Kier molecular flexibility index (Phi) is 4.66. The van der Waals surface area contributed by atoms with Gasteiger partial charge in [-0.2, -0.15) is 5.10 Å². The minimum atomic E-state index is 0.762. The molecule has 1 heterocycles. The Morgan fingerprint density at radius 3 is 2.50 bits per heavy atom. The molecule has 1 rings (SSSR count). The molecule has 80 valence electrons. The van der Waals surface area contributed by atoms with Gasteiger partial charge in [-0.3, -0.25) is 4.68 Å². The summed E-state index contributed by atoms with van der Waals surface area (Å²) < 4.78 is 2.09. The molecule has 0 radical (unpaired) electrons. The summed E-state index contributed by atoms with van der Waals surface area (Å²) in [5.74, 6) is 0.762. The fraction of sp³-hybridized carbons (Fsp3) is 0.727. The van der Waals surface area contributed by atoms with Gasteiger partial charge in [0.05, 0.1) is 5.69 Å². The molecule has 0 atom stereocenters. The van der Waals surface area contributed by atoms with E-state index in [0.29, 0.717) is 0 Å². The Labute approximate surface area is 94.8 Å². The van der Waals surface area contributed by atoms with Crippen LogP contribution < -0.4 is 0 Å². The third-order valence-electron chi connectivity index (χ3n) is 2.79. The average molecular weight is 259 g/mol. The molecule has 0 bridgehead atoms. The highest BCUT2D eigenvalue weighted by molar-refractivity contribution is 9.08. The van der Waals surface area contributed by atoms with Crippen molar-refractivity contribution >= 4 is 15.9 Å². The number of aromatic nitrogens is 2. The summed E-state index contributed by atoms with van der Waals surface area (Å²) in [6, 6.07) is 0. The second-order valence-corrected chi connectivity index (χ2v) is 4.34. The Morgan fingerprint density at radius 1 is 1.43 bits per heavy atom. The molecule has 14 heavy (non-hydrogen) atoms. The Bertz CT molecular complexity index is 277. The molecule has 1 aromatic heterocycles. The third-order valence-corrected chi connectivity index (χ3v) is 3.40. The molecule has 0 aliphatic carbocycles. The molecule has 0 fully saturated rings. The van der Waals surface area contributed by atoms with E-state index in [2.05, 4.69) is 52.7 Å². The van der Waals surface area contributed by atoms with Crippen molar-refractivity contribution < 1.29 is 0 Å². The van der Waals surface area contributed by atoms with Crippen molar-refractivity contribution in [2.75, 3.05) is 0 Å². The molecule has 0 aliphatic rings. The van der Waals surface area contributed by atoms with Crippen molar-refractivity contribution in [1.29, 1.82) is 0 Å². The van der Waals surface area contributed by atoms with Gasteiger partial charge in [-0.25, -0.2) is 0 Å². The van der Waals surface area contributed by atoms with Gasteiger partial charge >= 0.3 is 0 Å². The van der Waals surface area contributed by atoms with E-state index in [-0.39, 0.29) is 0 Å². The van der Waals surface area contributed by atoms with Gasteiger partial charge in [-0.15, -0.1) is 0 Å². The Hall–Kier alpha value is -0.310. The number of rotatable bonds is 5. The molecule has 3 heteroatoms. The summed E-state index contributed by atoms with van der Waals surface area (Å²) >= 11 is 3.47. The van der Waals surface area contributed by atoms with Gasteiger partial charge in [0.25, 0.3) is 0 Å². The fourth-order valence-electron chi connectivity index (χ4n) is 1.60. The summed E-state index contributed by atoms with van der Waals surface area (Å²) in [6.45, 7) is 7.62. The summed E-state index contributed by atoms with van der Waals surface area (Å²) in [5.41, 5.74) is 2.45. The van der Waals surface area contributed by atoms with Crippen LogP contribution in [0.25, 0.3) is 0 Å². The predicted molar refractivity (Wildman–Crippen MR) is 63.7 cm³/mol. The van der Waals surface area contributed by atoms with E-state index >= 15 is 0 Å². The highest BCUT2D eigenvalue weighted by Gasteiger charge is 2.07. The van der Waals surface area contributed by atoms with Gasteiger partial charge in [0, 0.05) is 23.6 Å². The largest absolute Gasteiger partial charge is 0.272 e. The second kappa shape index (κ2) is 5.54. The summed E-state index contributed by atoms with van der Waals surface area (Å²) in [6.07, 6.45) is 4.63. The van der Waals surface area contributed by atoms with Crippen LogP contribution in [-0.2, 0) is 11.9 Å². The summed E-state index contributed by atoms with van der Waals surface area (Å²) in [7, 11) is 0. The van der Waals surface area contributed by atoms with Gasteiger partial charge in [0.1, 0.15) is 0 Å². The van der Waals surface area contributed by atoms with Crippen LogP contribution in [0.15, 0.2) is 6.20 Å². The monoisotopic (exact) mass is 258 g/mol. The molecule has 0 saturated heterocycles. The molecular formula is C11H19BrN2. The molecule has 0 saturated carbocycles. The Morgan fingerprint density at radius 2 is 2.07 bits per heavy atom. The topological polar surface area (TPSA) is 17.8 Å². The first-order valence-electron chi connectivity index (χ1n) is 5.30. The van der Waals surface area contributed by atoms with E-state index < -0.39 is 0 Å². The van der Waals surface area contributed by atoms with E-state index in [1.165, 1.54) is 18.4 Å². The standard InChI is InChI=1S/C11H19BrN2/c1-4-10(5-2)7-14-8-11(6-12)9(3)13-14/h8,10H,4-7H2,1-3H3. The summed E-state index contributed by atoms with van der Waals surface area (Å²) in [4.78, 5) is 0. The normalized spacial score (nSPS) is 11.2. The highest BCUT2D eigenvalue weighted by Crippen LogP contribution is 2.14. The quantitative estimate of drug-likeness (QED) is 0.740. The zero-order valence-corrected chi connectivity index (χ0v) is 10.8. The lowest BCUT2D eigenvalue weighted by Gasteiger charge is -2.11. The highest BCUT2D eigenvalue weighted by atomic mass is 79.9. The van der Waals surface area contributed by atoms with Crippen molar-refractivity contribution in [3.05, 3.63) is 17.5 Å². The molecule has 0 amide bonds. The minimum absolute atomic E-state index is 0.762. The maximum absolute atomic E-state index is 4.50. The van der Waals surface area contributed by atoms with Crippen LogP contribution in [0.3, 0.4) is 0 Å². The first kappa shape index (κ1) is 11.8. The van der Waals surface area contributed by atoms with E-state index in [9.17, 15) is 0 Å². The molecule has 2 nitrogen and oxygen atoms in total. The first-order chi connectivity index (χ1) is 6.71. The lowest BCUT2D eigenvalue weighted by atomic mass is 10.0. The van der Waals surface area contributed by atoms with Crippen LogP contribution in [0.1, 0.15) is 37.9 Å². The van der Waals surface area contributed by atoms with Crippen LogP contribution in [0.2, 0.25) is 0 Å². The molecular weight excluding hydrogens is 240 g/mol. The smallest absolute Gasteiger partial charge is 0.0634 e. The lowest BCUT2D eigenvalue weighted by Crippen LogP contribution is -2.09. The zero-order valence-electron chi connectivity index (χ0n) is 9.26. The number of hydrogen-bond donors (Lipinski definition) is 0.